The molecular weight excluding hydrogens is 670 g/mol. The predicted octanol–water partition coefficient (Wildman–Crippen LogP) is 5.66. The minimum Gasteiger partial charge on any atom is -0.507 e. The van der Waals surface area contributed by atoms with Crippen LogP contribution in [0.4, 0.5) is 4.79 Å². The molecule has 6 aromatic rings. The molecular formula is C42H43N5O6. The molecule has 0 saturated carbocycles. The zero-order valence-corrected chi connectivity index (χ0v) is 30.4. The first-order valence-electron chi connectivity index (χ1n) is 17.2. The third kappa shape index (κ3) is 7.94. The first-order chi connectivity index (χ1) is 25.3. The first-order valence-corrected chi connectivity index (χ1v) is 17.2. The van der Waals surface area contributed by atoms with Crippen LogP contribution >= 0.6 is 0 Å². The molecule has 3 heterocycles. The fourth-order valence-corrected chi connectivity index (χ4v) is 6.35. The SMILES string of the molecule is C=c1cc(O)c(=C)c(C(C)(C)CC(=O)N(C)CCN(C)C(=O)Oc2c(Cc3ccco3)nc3c(Cc4ccccc4)nc(-c4ccccc4)cn23)c1O. The number of benzene rings is 3. The van der Waals surface area contributed by atoms with E-state index in [1.54, 1.807) is 44.7 Å². The highest BCUT2D eigenvalue weighted by Crippen LogP contribution is 2.32. The third-order valence-corrected chi connectivity index (χ3v) is 9.33. The normalized spacial score (nSPS) is 11.5. The van der Waals surface area contributed by atoms with E-state index < -0.39 is 11.5 Å². The number of furan rings is 1. The van der Waals surface area contributed by atoms with Crippen LogP contribution < -0.4 is 15.2 Å². The summed E-state index contributed by atoms with van der Waals surface area (Å²) in [7, 11) is 3.25. The zero-order valence-electron chi connectivity index (χ0n) is 30.4. The number of ether oxygens (including phenoxy) is 1. The summed E-state index contributed by atoms with van der Waals surface area (Å²) >= 11 is 0. The van der Waals surface area contributed by atoms with Gasteiger partial charge in [-0.25, -0.2) is 14.8 Å². The Labute approximate surface area is 307 Å². The summed E-state index contributed by atoms with van der Waals surface area (Å²) in [6, 6.07) is 24.7. The van der Waals surface area contributed by atoms with Crippen LogP contribution in [0.1, 0.15) is 48.5 Å². The van der Waals surface area contributed by atoms with E-state index in [2.05, 4.69) is 13.2 Å². The molecule has 11 heteroatoms. The van der Waals surface area contributed by atoms with Crippen LogP contribution in [0.3, 0.4) is 0 Å². The molecule has 272 valence electrons. The molecule has 0 bridgehead atoms. The van der Waals surface area contributed by atoms with Crippen molar-refractivity contribution in [1.29, 1.82) is 0 Å². The summed E-state index contributed by atoms with van der Waals surface area (Å²) in [6.07, 6.45) is 3.57. The second-order valence-electron chi connectivity index (χ2n) is 13.8. The van der Waals surface area contributed by atoms with Gasteiger partial charge >= 0.3 is 6.09 Å². The summed E-state index contributed by atoms with van der Waals surface area (Å²) in [5.74, 6) is 0.467. The van der Waals surface area contributed by atoms with Gasteiger partial charge in [0, 0.05) is 73.2 Å². The molecule has 3 aromatic heterocycles. The maximum atomic E-state index is 13.7. The highest BCUT2D eigenvalue weighted by atomic mass is 16.6. The number of rotatable bonds is 12. The lowest BCUT2D eigenvalue weighted by Crippen LogP contribution is -2.41. The number of carbonyl (C=O) groups excluding carboxylic acids is 2. The number of aromatic hydroxyl groups is 2. The van der Waals surface area contributed by atoms with Crippen LogP contribution in [0.25, 0.3) is 30.1 Å². The van der Waals surface area contributed by atoms with Crippen molar-refractivity contribution in [3.63, 3.8) is 0 Å². The Morgan fingerprint density at radius 3 is 2.25 bits per heavy atom. The summed E-state index contributed by atoms with van der Waals surface area (Å²) in [5.41, 5.74) is 3.91. The molecule has 0 saturated heterocycles. The number of fused-ring (bicyclic) bond motifs is 1. The predicted molar refractivity (Wildman–Crippen MR) is 203 cm³/mol. The fourth-order valence-electron chi connectivity index (χ4n) is 6.35. The number of likely N-dealkylation sites (N-methyl/N-ethyl adjacent to an activating group) is 2. The smallest absolute Gasteiger partial charge is 0.416 e. The van der Waals surface area contributed by atoms with Crippen LogP contribution in [0, 0.1) is 0 Å². The Morgan fingerprint density at radius 2 is 1.57 bits per heavy atom. The summed E-state index contributed by atoms with van der Waals surface area (Å²) in [5, 5.41) is 21.5. The molecule has 6 rings (SSSR count). The van der Waals surface area contributed by atoms with Crippen molar-refractivity contribution in [1.82, 2.24) is 24.2 Å². The summed E-state index contributed by atoms with van der Waals surface area (Å²) in [6.45, 7) is 11.7. The molecule has 0 aliphatic heterocycles. The molecule has 0 spiro atoms. The largest absolute Gasteiger partial charge is 0.507 e. The van der Waals surface area contributed by atoms with Gasteiger partial charge in [0.05, 0.1) is 24.1 Å². The van der Waals surface area contributed by atoms with Gasteiger partial charge in [0.2, 0.25) is 11.8 Å². The number of aromatic nitrogens is 3. The Hall–Kier alpha value is -6.36. The number of hydrogen-bond donors (Lipinski definition) is 2. The lowest BCUT2D eigenvalue weighted by atomic mass is 9.79. The van der Waals surface area contributed by atoms with Crippen molar-refractivity contribution in [3.8, 4) is 28.6 Å². The van der Waals surface area contributed by atoms with Gasteiger partial charge < -0.3 is 29.2 Å². The highest BCUT2D eigenvalue weighted by Gasteiger charge is 2.31. The van der Waals surface area contributed by atoms with Gasteiger partial charge in [-0.15, -0.1) is 0 Å². The van der Waals surface area contributed by atoms with E-state index in [4.69, 9.17) is 19.1 Å². The number of hydrogen-bond acceptors (Lipinski definition) is 8. The van der Waals surface area contributed by atoms with Crippen LogP contribution in [0.5, 0.6) is 17.4 Å². The van der Waals surface area contributed by atoms with E-state index in [0.29, 0.717) is 40.5 Å². The number of phenols is 2. The molecule has 53 heavy (non-hydrogen) atoms. The second-order valence-corrected chi connectivity index (χ2v) is 13.8. The Bertz CT molecular complexity index is 2350. The van der Waals surface area contributed by atoms with Crippen molar-refractivity contribution in [2.45, 2.75) is 38.5 Å². The maximum Gasteiger partial charge on any atom is 0.416 e. The van der Waals surface area contributed by atoms with Crippen molar-refractivity contribution < 1.29 is 29.0 Å². The topological polar surface area (TPSA) is 134 Å². The van der Waals surface area contributed by atoms with E-state index >= 15 is 0 Å². The molecule has 2 amide bonds. The molecule has 0 radical (unpaired) electrons. The van der Waals surface area contributed by atoms with Crippen molar-refractivity contribution >= 4 is 30.8 Å². The quantitative estimate of drug-likeness (QED) is 0.155. The Morgan fingerprint density at radius 1 is 0.887 bits per heavy atom. The third-order valence-electron chi connectivity index (χ3n) is 9.33. The average Bonchev–Trinajstić information content (AvgIpc) is 3.78. The van der Waals surface area contributed by atoms with E-state index in [-0.39, 0.29) is 59.7 Å². The number of phenolic OH excluding ortho intramolecular Hbond substituents is 2. The van der Waals surface area contributed by atoms with Gasteiger partial charge in [-0.3, -0.25) is 9.20 Å². The van der Waals surface area contributed by atoms with Crippen LogP contribution in [-0.2, 0) is 23.1 Å². The van der Waals surface area contributed by atoms with E-state index in [1.165, 1.54) is 15.9 Å². The number of imidazole rings is 1. The average molecular weight is 714 g/mol. The van der Waals surface area contributed by atoms with Crippen molar-refractivity contribution in [2.24, 2.45) is 0 Å². The van der Waals surface area contributed by atoms with Gasteiger partial charge in [-0.2, -0.15) is 0 Å². The number of amides is 2. The molecule has 2 N–H and O–H groups in total. The molecule has 0 aliphatic carbocycles. The van der Waals surface area contributed by atoms with Crippen LogP contribution in [-0.4, -0.2) is 73.6 Å². The molecule has 0 aliphatic rings. The second kappa shape index (κ2) is 15.1. The number of nitrogens with zero attached hydrogens (tertiary/aromatic N) is 5. The monoisotopic (exact) mass is 713 g/mol. The van der Waals surface area contributed by atoms with Gasteiger partial charge in [-0.1, -0.05) is 87.7 Å². The summed E-state index contributed by atoms with van der Waals surface area (Å²) < 4.78 is 13.6. The summed E-state index contributed by atoms with van der Waals surface area (Å²) in [4.78, 5) is 40.0. The minimum atomic E-state index is -0.872. The van der Waals surface area contributed by atoms with E-state index in [9.17, 15) is 19.8 Å². The van der Waals surface area contributed by atoms with Gasteiger partial charge in [0.15, 0.2) is 5.65 Å². The molecule has 0 fully saturated rings. The minimum absolute atomic E-state index is 0.0116. The van der Waals surface area contributed by atoms with Crippen LogP contribution in [0.15, 0.2) is 95.7 Å². The van der Waals surface area contributed by atoms with Gasteiger partial charge in [-0.05, 0) is 23.8 Å². The zero-order chi connectivity index (χ0) is 37.9. The van der Waals surface area contributed by atoms with Gasteiger partial charge in [0.25, 0.3) is 0 Å². The standard InChI is InChI=1S/C42H43N5O6/c1-27-22-35(48)28(2)37(38(27)50)42(3,4)25-36(49)45(5)19-20-46(6)41(51)53-40-33(24-31-18-13-21-52-31)44-39-32(23-29-14-9-7-10-15-29)43-34(26-47(39)40)30-16-11-8-12-17-30/h7-18,21-22,26,48,50H,1-2,19-20,23-25H2,3-6H3. The van der Waals surface area contributed by atoms with Crippen LogP contribution in [0.2, 0.25) is 0 Å². The highest BCUT2D eigenvalue weighted by molar-refractivity contribution is 5.78. The van der Waals surface area contributed by atoms with Crippen molar-refractivity contribution in [2.75, 3.05) is 27.2 Å². The molecule has 3 aromatic carbocycles. The Kier molecular flexibility index (Phi) is 10.4. The lowest BCUT2D eigenvalue weighted by Gasteiger charge is -2.29. The lowest BCUT2D eigenvalue weighted by molar-refractivity contribution is -0.131. The molecule has 11 nitrogen and oxygen atoms in total. The van der Waals surface area contributed by atoms with E-state index in [1.807, 2.05) is 72.9 Å². The van der Waals surface area contributed by atoms with E-state index in [0.717, 1.165) is 11.1 Å². The number of carbonyl (C=O) groups is 2. The van der Waals surface area contributed by atoms with Gasteiger partial charge in [0.1, 0.15) is 23.0 Å². The molecule has 0 atom stereocenters. The Balaban J connectivity index is 1.25. The fraction of sp³-hybridized carbons (Fsp3) is 0.238. The van der Waals surface area contributed by atoms with Crippen molar-refractivity contribution in [3.05, 3.63) is 130 Å². The molecule has 0 unspecified atom stereocenters. The first kappa shape index (κ1) is 36.4. The maximum absolute atomic E-state index is 13.7.